The van der Waals surface area contributed by atoms with E-state index in [-0.39, 0.29) is 12.1 Å². The number of carbonyl (C=O) groups excluding carboxylic acids is 1. The van der Waals surface area contributed by atoms with Crippen molar-refractivity contribution in [3.63, 3.8) is 0 Å². The second-order valence-electron chi connectivity index (χ2n) is 7.01. The van der Waals surface area contributed by atoms with E-state index in [4.69, 9.17) is 0 Å². The van der Waals surface area contributed by atoms with Crippen molar-refractivity contribution in [2.45, 2.75) is 25.3 Å². The largest absolute Gasteiger partial charge is 0.355 e. The van der Waals surface area contributed by atoms with Gasteiger partial charge in [-0.05, 0) is 36.3 Å². The SMILES string of the molecule is O=C(NCCc1ccccc1)NC1CCN(c2cc(-c3cccs3)[nH]n2)CC1. The quantitative estimate of drug-likeness (QED) is 0.596. The number of nitrogens with zero attached hydrogens (tertiary/aromatic N) is 2. The molecule has 3 aromatic rings. The highest BCUT2D eigenvalue weighted by atomic mass is 32.1. The number of thiophene rings is 1. The minimum Gasteiger partial charge on any atom is -0.355 e. The maximum absolute atomic E-state index is 12.1. The lowest BCUT2D eigenvalue weighted by Gasteiger charge is -2.32. The smallest absolute Gasteiger partial charge is 0.315 e. The first kappa shape index (κ1) is 18.6. The van der Waals surface area contributed by atoms with Gasteiger partial charge < -0.3 is 15.5 Å². The highest BCUT2D eigenvalue weighted by Crippen LogP contribution is 2.27. The molecule has 1 aromatic carbocycles. The Labute approximate surface area is 169 Å². The first-order valence-electron chi connectivity index (χ1n) is 9.70. The van der Waals surface area contributed by atoms with Crippen LogP contribution in [-0.4, -0.2) is 41.9 Å². The fourth-order valence-corrected chi connectivity index (χ4v) is 4.18. The van der Waals surface area contributed by atoms with E-state index in [0.29, 0.717) is 6.54 Å². The van der Waals surface area contributed by atoms with Crippen LogP contribution in [0.3, 0.4) is 0 Å². The first-order chi connectivity index (χ1) is 13.8. The van der Waals surface area contributed by atoms with Crippen LogP contribution in [0.1, 0.15) is 18.4 Å². The van der Waals surface area contributed by atoms with Gasteiger partial charge in [-0.2, -0.15) is 5.10 Å². The fourth-order valence-electron chi connectivity index (χ4n) is 3.49. The van der Waals surface area contributed by atoms with Crippen molar-refractivity contribution < 1.29 is 4.79 Å². The number of carbonyl (C=O) groups is 1. The number of amides is 2. The summed E-state index contributed by atoms with van der Waals surface area (Å²) in [7, 11) is 0. The van der Waals surface area contributed by atoms with Gasteiger partial charge in [0.2, 0.25) is 0 Å². The van der Waals surface area contributed by atoms with Crippen molar-refractivity contribution in [1.82, 2.24) is 20.8 Å². The third kappa shape index (κ3) is 4.72. The van der Waals surface area contributed by atoms with Crippen LogP contribution in [0, 0.1) is 0 Å². The molecule has 28 heavy (non-hydrogen) atoms. The van der Waals surface area contributed by atoms with Gasteiger partial charge in [0.15, 0.2) is 5.82 Å². The third-order valence-corrected chi connectivity index (χ3v) is 5.95. The van der Waals surface area contributed by atoms with E-state index in [1.54, 1.807) is 11.3 Å². The van der Waals surface area contributed by atoms with E-state index in [0.717, 1.165) is 43.9 Å². The molecule has 3 N–H and O–H groups in total. The summed E-state index contributed by atoms with van der Waals surface area (Å²) in [5.41, 5.74) is 2.29. The lowest BCUT2D eigenvalue weighted by atomic mass is 10.1. The van der Waals surface area contributed by atoms with Gasteiger partial charge >= 0.3 is 6.03 Å². The maximum atomic E-state index is 12.1. The molecule has 1 saturated heterocycles. The molecule has 1 fully saturated rings. The molecule has 0 atom stereocenters. The molecule has 1 aliphatic heterocycles. The number of rotatable bonds is 6. The lowest BCUT2D eigenvalue weighted by Crippen LogP contribution is -2.48. The molecule has 2 amide bonds. The summed E-state index contributed by atoms with van der Waals surface area (Å²) in [6.45, 7) is 2.43. The lowest BCUT2D eigenvalue weighted by molar-refractivity contribution is 0.234. The van der Waals surface area contributed by atoms with E-state index < -0.39 is 0 Å². The summed E-state index contributed by atoms with van der Waals surface area (Å²) in [4.78, 5) is 15.6. The number of urea groups is 1. The fraction of sp³-hybridized carbons (Fsp3) is 0.333. The molecule has 1 aliphatic rings. The van der Waals surface area contributed by atoms with Crippen molar-refractivity contribution in [2.75, 3.05) is 24.5 Å². The predicted octanol–water partition coefficient (Wildman–Crippen LogP) is 3.65. The molecular weight excluding hydrogens is 370 g/mol. The van der Waals surface area contributed by atoms with E-state index in [9.17, 15) is 4.79 Å². The van der Waals surface area contributed by atoms with Crippen LogP contribution in [0.5, 0.6) is 0 Å². The Morgan fingerprint density at radius 1 is 1.18 bits per heavy atom. The summed E-state index contributed by atoms with van der Waals surface area (Å²) >= 11 is 1.70. The number of piperidine rings is 1. The number of benzene rings is 1. The van der Waals surface area contributed by atoms with Crippen molar-refractivity contribution in [3.05, 3.63) is 59.5 Å². The average molecular weight is 396 g/mol. The van der Waals surface area contributed by atoms with Crippen LogP contribution >= 0.6 is 11.3 Å². The van der Waals surface area contributed by atoms with Crippen molar-refractivity contribution in [1.29, 1.82) is 0 Å². The zero-order chi connectivity index (χ0) is 19.2. The molecule has 0 unspecified atom stereocenters. The summed E-state index contributed by atoms with van der Waals surface area (Å²) < 4.78 is 0. The van der Waals surface area contributed by atoms with Crippen molar-refractivity contribution in [3.8, 4) is 10.6 Å². The number of aromatic nitrogens is 2. The summed E-state index contributed by atoms with van der Waals surface area (Å²) in [6, 6.07) is 16.6. The Morgan fingerprint density at radius 3 is 2.75 bits per heavy atom. The zero-order valence-electron chi connectivity index (χ0n) is 15.7. The van der Waals surface area contributed by atoms with Gasteiger partial charge in [0.1, 0.15) is 0 Å². The second-order valence-corrected chi connectivity index (χ2v) is 7.96. The molecule has 2 aromatic heterocycles. The predicted molar refractivity (Wildman–Crippen MR) is 114 cm³/mol. The van der Waals surface area contributed by atoms with Crippen LogP contribution in [0.25, 0.3) is 10.6 Å². The van der Waals surface area contributed by atoms with Gasteiger partial charge in [0.25, 0.3) is 0 Å². The first-order valence-corrected chi connectivity index (χ1v) is 10.6. The van der Waals surface area contributed by atoms with Crippen LogP contribution < -0.4 is 15.5 Å². The number of hydrogen-bond donors (Lipinski definition) is 3. The van der Waals surface area contributed by atoms with Gasteiger partial charge in [-0.1, -0.05) is 36.4 Å². The number of anilines is 1. The molecule has 4 rings (SSSR count). The van der Waals surface area contributed by atoms with E-state index in [2.05, 4.69) is 55.4 Å². The molecule has 0 spiro atoms. The zero-order valence-corrected chi connectivity index (χ0v) is 16.5. The second kappa shape index (κ2) is 8.93. The van der Waals surface area contributed by atoms with Crippen molar-refractivity contribution >= 4 is 23.2 Å². The number of aromatic amines is 1. The standard InChI is InChI=1S/C21H25N5OS/c27-21(22-11-8-16-5-2-1-3-6-16)23-17-9-12-26(13-10-17)20-15-18(24-25-20)19-7-4-14-28-19/h1-7,14-15,17H,8-13H2,(H,24,25)(H2,22,23,27). The van der Waals surface area contributed by atoms with Crippen molar-refractivity contribution in [2.24, 2.45) is 0 Å². The van der Waals surface area contributed by atoms with Crippen LogP contribution in [0.2, 0.25) is 0 Å². The number of H-pyrrole nitrogens is 1. The Balaban J connectivity index is 1.19. The molecule has 7 heteroatoms. The van der Waals surface area contributed by atoms with Gasteiger partial charge in [0.05, 0.1) is 10.6 Å². The van der Waals surface area contributed by atoms with Gasteiger partial charge in [-0.25, -0.2) is 4.79 Å². The molecule has 0 aliphatic carbocycles. The minimum absolute atomic E-state index is 0.0749. The number of nitrogens with one attached hydrogen (secondary N) is 3. The number of hydrogen-bond acceptors (Lipinski definition) is 4. The molecule has 146 valence electrons. The maximum Gasteiger partial charge on any atom is 0.315 e. The van der Waals surface area contributed by atoms with Gasteiger partial charge in [0, 0.05) is 31.7 Å². The minimum atomic E-state index is -0.0749. The van der Waals surface area contributed by atoms with Crippen LogP contribution in [0.4, 0.5) is 10.6 Å². The summed E-state index contributed by atoms with van der Waals surface area (Å²) in [6.07, 6.45) is 2.69. The molecule has 3 heterocycles. The molecule has 0 saturated carbocycles. The third-order valence-electron chi connectivity index (χ3n) is 5.05. The van der Waals surface area contributed by atoms with E-state index in [1.165, 1.54) is 10.4 Å². The van der Waals surface area contributed by atoms with E-state index >= 15 is 0 Å². The summed E-state index contributed by atoms with van der Waals surface area (Å²) in [5.74, 6) is 0.981. The van der Waals surface area contributed by atoms with E-state index in [1.807, 2.05) is 24.3 Å². The van der Waals surface area contributed by atoms with Crippen LogP contribution in [-0.2, 0) is 6.42 Å². The summed E-state index contributed by atoms with van der Waals surface area (Å²) in [5, 5.41) is 15.7. The molecule has 0 bridgehead atoms. The molecular formula is C21H25N5OS. The Morgan fingerprint density at radius 2 is 2.00 bits per heavy atom. The van der Waals surface area contributed by atoms with Gasteiger partial charge in [-0.15, -0.1) is 11.3 Å². The molecule has 6 nitrogen and oxygen atoms in total. The average Bonchev–Trinajstić information content (AvgIpc) is 3.41. The Kier molecular flexibility index (Phi) is 5.92. The Bertz CT molecular complexity index is 869. The Hall–Kier alpha value is -2.80. The highest BCUT2D eigenvalue weighted by Gasteiger charge is 2.22. The monoisotopic (exact) mass is 395 g/mol. The van der Waals surface area contributed by atoms with Gasteiger partial charge in [-0.3, -0.25) is 5.10 Å². The topological polar surface area (TPSA) is 73.1 Å². The molecule has 0 radical (unpaired) electrons. The van der Waals surface area contributed by atoms with Crippen LogP contribution in [0.15, 0.2) is 53.9 Å². The normalized spacial score (nSPS) is 14.8. The highest BCUT2D eigenvalue weighted by molar-refractivity contribution is 7.13.